The first-order chi connectivity index (χ1) is 19.6. The van der Waals surface area contributed by atoms with Gasteiger partial charge >= 0.3 is 5.97 Å². The Kier molecular flexibility index (Phi) is 10.3. The molecule has 4 rings (SSSR count). The molecular weight excluding hydrogens is 544 g/mol. The maximum Gasteiger partial charge on any atom is 0.330 e. The fourth-order valence-electron chi connectivity index (χ4n) is 4.25. The van der Waals surface area contributed by atoms with Crippen molar-refractivity contribution in [1.82, 2.24) is 0 Å². The molecule has 0 amide bonds. The highest BCUT2D eigenvalue weighted by atomic mass is 16.7. The van der Waals surface area contributed by atoms with Gasteiger partial charge in [-0.05, 0) is 47.9 Å². The van der Waals surface area contributed by atoms with E-state index in [1.807, 2.05) is 0 Å². The number of rotatable bonds is 11. The molecule has 0 unspecified atom stereocenters. The Morgan fingerprint density at radius 3 is 2.24 bits per heavy atom. The number of carbonyl (C=O) groups is 1. The molecule has 41 heavy (non-hydrogen) atoms. The second kappa shape index (κ2) is 13.7. The van der Waals surface area contributed by atoms with Crippen molar-refractivity contribution in [3.8, 4) is 11.5 Å². The summed E-state index contributed by atoms with van der Waals surface area (Å²) in [5.41, 5.74) is -0.493. The van der Waals surface area contributed by atoms with Gasteiger partial charge in [-0.15, -0.1) is 0 Å². The normalized spacial score (nSPS) is 31.9. The first-order valence-electron chi connectivity index (χ1n) is 12.9. The molecule has 0 bridgehead atoms. The Bertz CT molecular complexity index is 1150. The molecular formula is C28H34O13. The van der Waals surface area contributed by atoms with Crippen molar-refractivity contribution in [1.29, 1.82) is 0 Å². The number of hydrogen-bond donors (Lipinski definition) is 7. The van der Waals surface area contributed by atoms with Gasteiger partial charge in [0.15, 0.2) is 18.2 Å². The zero-order valence-electron chi connectivity index (χ0n) is 21.9. The predicted molar refractivity (Wildman–Crippen MR) is 139 cm³/mol. The van der Waals surface area contributed by atoms with E-state index in [0.29, 0.717) is 12.0 Å². The van der Waals surface area contributed by atoms with Crippen LogP contribution in [0.3, 0.4) is 0 Å². The maximum atomic E-state index is 12.1. The molecule has 2 aromatic carbocycles. The summed E-state index contributed by atoms with van der Waals surface area (Å²) in [6, 6.07) is 12.5. The third-order valence-electron chi connectivity index (χ3n) is 6.78. The third-order valence-corrected chi connectivity index (χ3v) is 6.78. The first kappa shape index (κ1) is 30.8. The van der Waals surface area contributed by atoms with E-state index in [1.165, 1.54) is 30.3 Å². The average Bonchev–Trinajstić information content (AvgIpc) is 3.25. The van der Waals surface area contributed by atoms with Gasteiger partial charge in [0.1, 0.15) is 48.6 Å². The summed E-state index contributed by atoms with van der Waals surface area (Å²) in [5, 5.41) is 70.9. The molecule has 2 heterocycles. The van der Waals surface area contributed by atoms with Gasteiger partial charge in [-0.25, -0.2) is 4.79 Å². The molecule has 0 spiro atoms. The van der Waals surface area contributed by atoms with Crippen LogP contribution in [0.2, 0.25) is 0 Å². The third kappa shape index (κ3) is 8.01. The quantitative estimate of drug-likeness (QED) is 0.129. The minimum absolute atomic E-state index is 0.0763. The number of esters is 1. The summed E-state index contributed by atoms with van der Waals surface area (Å²) >= 11 is 0. The Labute approximate surface area is 235 Å². The summed E-state index contributed by atoms with van der Waals surface area (Å²) in [6.45, 7) is -1.33. The van der Waals surface area contributed by atoms with E-state index in [1.54, 1.807) is 24.3 Å². The molecule has 0 radical (unpaired) electrons. The summed E-state index contributed by atoms with van der Waals surface area (Å²) in [5.74, 6) is -0.589. The van der Waals surface area contributed by atoms with Crippen molar-refractivity contribution in [3.05, 3.63) is 65.7 Å². The molecule has 13 heteroatoms. The monoisotopic (exact) mass is 578 g/mol. The van der Waals surface area contributed by atoms with Crippen LogP contribution in [0.4, 0.5) is 0 Å². The Morgan fingerprint density at radius 2 is 1.56 bits per heavy atom. The summed E-state index contributed by atoms with van der Waals surface area (Å²) < 4.78 is 27.0. The standard InChI is InChI=1S/C28H34O13/c29-18-6-1-16(2-7-18)5-10-21(31)39-14-28(36)15-40-27(25(28)35)38-13-20-22(32)23(33)24(34)26(41-20)37-12-11-17-3-8-19(30)9-4-17/h1-10,20,22-27,29-30,32-36H,11-15H2/b10-5+/t20-,22-,23+,24-,25+,26-,27-,28-/m1/s1. The Balaban J connectivity index is 1.24. The highest BCUT2D eigenvalue weighted by Gasteiger charge is 2.51. The second-order valence-corrected chi connectivity index (χ2v) is 9.90. The molecule has 0 aliphatic carbocycles. The van der Waals surface area contributed by atoms with Crippen molar-refractivity contribution >= 4 is 12.0 Å². The van der Waals surface area contributed by atoms with Crippen LogP contribution < -0.4 is 0 Å². The Hall–Kier alpha value is -3.11. The van der Waals surface area contributed by atoms with Gasteiger partial charge in [0.2, 0.25) is 0 Å². The van der Waals surface area contributed by atoms with E-state index in [-0.39, 0.29) is 18.1 Å². The molecule has 2 fully saturated rings. The smallest absolute Gasteiger partial charge is 0.330 e. The van der Waals surface area contributed by atoms with Gasteiger partial charge in [-0.2, -0.15) is 0 Å². The number of aromatic hydroxyl groups is 2. The second-order valence-electron chi connectivity index (χ2n) is 9.90. The number of aliphatic hydroxyl groups excluding tert-OH is 4. The van der Waals surface area contributed by atoms with Crippen LogP contribution in [0, 0.1) is 0 Å². The zero-order chi connectivity index (χ0) is 29.6. The van der Waals surface area contributed by atoms with E-state index in [2.05, 4.69) is 0 Å². The van der Waals surface area contributed by atoms with Crippen LogP contribution in [0.1, 0.15) is 11.1 Å². The largest absolute Gasteiger partial charge is 0.508 e. The summed E-state index contributed by atoms with van der Waals surface area (Å²) in [6.07, 6.45) is -7.20. The van der Waals surface area contributed by atoms with Crippen LogP contribution in [-0.4, -0.2) is 117 Å². The van der Waals surface area contributed by atoms with Crippen molar-refractivity contribution < 1.29 is 64.2 Å². The topological polar surface area (TPSA) is 205 Å². The van der Waals surface area contributed by atoms with Crippen LogP contribution >= 0.6 is 0 Å². The lowest BCUT2D eigenvalue weighted by atomic mass is 9.99. The van der Waals surface area contributed by atoms with E-state index < -0.39 is 74.5 Å². The number of hydrogen-bond acceptors (Lipinski definition) is 13. The van der Waals surface area contributed by atoms with Gasteiger partial charge in [-0.1, -0.05) is 24.3 Å². The lowest BCUT2D eigenvalue weighted by molar-refractivity contribution is -0.309. The molecule has 0 saturated carbocycles. The van der Waals surface area contributed by atoms with Crippen LogP contribution in [-0.2, 0) is 34.9 Å². The molecule has 2 aromatic rings. The Morgan fingerprint density at radius 1 is 0.902 bits per heavy atom. The number of ether oxygens (including phenoxy) is 5. The average molecular weight is 579 g/mol. The van der Waals surface area contributed by atoms with E-state index in [4.69, 9.17) is 23.7 Å². The molecule has 13 nitrogen and oxygen atoms in total. The molecule has 0 aromatic heterocycles. The van der Waals surface area contributed by atoms with Crippen LogP contribution in [0.25, 0.3) is 6.08 Å². The fraction of sp³-hybridized carbons (Fsp3) is 0.464. The van der Waals surface area contributed by atoms with Crippen molar-refractivity contribution in [2.75, 3.05) is 26.4 Å². The van der Waals surface area contributed by atoms with E-state index in [9.17, 15) is 40.5 Å². The molecule has 224 valence electrons. The number of phenolic OH excluding ortho intramolecular Hbond substituents is 2. The first-order valence-corrected chi connectivity index (χ1v) is 12.9. The van der Waals surface area contributed by atoms with Crippen molar-refractivity contribution in [2.45, 2.75) is 55.1 Å². The van der Waals surface area contributed by atoms with E-state index >= 15 is 0 Å². The highest BCUT2D eigenvalue weighted by molar-refractivity contribution is 5.87. The highest BCUT2D eigenvalue weighted by Crippen LogP contribution is 2.28. The zero-order valence-corrected chi connectivity index (χ0v) is 21.9. The molecule has 8 atom stereocenters. The minimum Gasteiger partial charge on any atom is -0.508 e. The number of carbonyl (C=O) groups excluding carboxylic acids is 1. The van der Waals surface area contributed by atoms with Gasteiger partial charge in [0, 0.05) is 6.08 Å². The SMILES string of the molecule is O=C(/C=C/c1ccc(O)cc1)OC[C@@]1(O)CO[C@@H](OC[C@H]2O[C@@H](OCCc3ccc(O)cc3)[C@H](O)[C@@H](O)[C@@H]2O)[C@@H]1O. The molecule has 2 saturated heterocycles. The predicted octanol–water partition coefficient (Wildman–Crippen LogP) is -0.814. The maximum absolute atomic E-state index is 12.1. The summed E-state index contributed by atoms with van der Waals surface area (Å²) in [4.78, 5) is 12.1. The van der Waals surface area contributed by atoms with Crippen LogP contribution in [0.15, 0.2) is 54.6 Å². The minimum atomic E-state index is -1.98. The fourth-order valence-corrected chi connectivity index (χ4v) is 4.25. The number of benzene rings is 2. The summed E-state index contributed by atoms with van der Waals surface area (Å²) in [7, 11) is 0. The van der Waals surface area contributed by atoms with Crippen molar-refractivity contribution in [3.63, 3.8) is 0 Å². The lowest BCUT2D eigenvalue weighted by Crippen LogP contribution is -2.59. The van der Waals surface area contributed by atoms with E-state index in [0.717, 1.165) is 11.6 Å². The van der Waals surface area contributed by atoms with Gasteiger partial charge < -0.3 is 59.4 Å². The lowest BCUT2D eigenvalue weighted by Gasteiger charge is -2.40. The van der Waals surface area contributed by atoms with Crippen molar-refractivity contribution in [2.24, 2.45) is 0 Å². The number of phenols is 2. The molecule has 2 aliphatic rings. The van der Waals surface area contributed by atoms with Gasteiger partial charge in [-0.3, -0.25) is 0 Å². The number of aliphatic hydroxyl groups is 5. The van der Waals surface area contributed by atoms with Crippen LogP contribution in [0.5, 0.6) is 11.5 Å². The van der Waals surface area contributed by atoms with Gasteiger partial charge in [0.25, 0.3) is 0 Å². The molecule has 2 aliphatic heterocycles. The van der Waals surface area contributed by atoms with Gasteiger partial charge in [0.05, 0.1) is 19.8 Å². The molecule has 7 N–H and O–H groups in total.